The highest BCUT2D eigenvalue weighted by Gasteiger charge is 2.03. The number of aliphatic hydroxyl groups excluding tert-OH is 1. The lowest BCUT2D eigenvalue weighted by Crippen LogP contribution is -1.94. The number of benzene rings is 1. The lowest BCUT2D eigenvalue weighted by molar-refractivity contribution is 0.298. The summed E-state index contributed by atoms with van der Waals surface area (Å²) < 4.78 is 1.05. The molecule has 0 aliphatic carbocycles. The van der Waals surface area contributed by atoms with Crippen LogP contribution in [0, 0.1) is 0 Å². The normalized spacial score (nSPS) is 13.0. The molecule has 1 aromatic rings. The third-order valence-electron chi connectivity index (χ3n) is 1.39. The molecule has 0 heterocycles. The van der Waals surface area contributed by atoms with Crippen molar-refractivity contribution < 1.29 is 5.11 Å². The highest BCUT2D eigenvalue weighted by Crippen LogP contribution is 2.23. The minimum Gasteiger partial charge on any atom is -0.395 e. The van der Waals surface area contributed by atoms with Crippen LogP contribution < -0.4 is 0 Å². The van der Waals surface area contributed by atoms with E-state index in [1.807, 2.05) is 24.3 Å². The van der Waals surface area contributed by atoms with Crippen molar-refractivity contribution in [2.24, 2.45) is 0 Å². The van der Waals surface area contributed by atoms with E-state index in [4.69, 9.17) is 5.11 Å². The molecular weight excluding hydrogens is 272 g/mol. The number of halogens is 2. The fraction of sp³-hybridized carbons (Fsp3) is 0.250. The van der Waals surface area contributed by atoms with E-state index in [0.717, 1.165) is 10.0 Å². The van der Waals surface area contributed by atoms with E-state index in [0.29, 0.717) is 0 Å². The lowest BCUT2D eigenvalue weighted by atomic mass is 10.2. The first-order valence-electron chi connectivity index (χ1n) is 3.24. The summed E-state index contributed by atoms with van der Waals surface area (Å²) in [5.41, 5.74) is 1.09. The first kappa shape index (κ1) is 9.23. The summed E-state index contributed by atoms with van der Waals surface area (Å²) in [5.74, 6) is 0. The van der Waals surface area contributed by atoms with Crippen LogP contribution in [0.1, 0.15) is 10.4 Å². The first-order valence-corrected chi connectivity index (χ1v) is 4.95. The monoisotopic (exact) mass is 278 g/mol. The van der Waals surface area contributed by atoms with Gasteiger partial charge in [-0.1, -0.05) is 44.0 Å². The second-order valence-corrected chi connectivity index (χ2v) is 4.22. The van der Waals surface area contributed by atoms with Crippen molar-refractivity contribution in [3.63, 3.8) is 0 Å². The van der Waals surface area contributed by atoms with E-state index in [1.165, 1.54) is 0 Å². The fourth-order valence-electron chi connectivity index (χ4n) is 0.777. The molecule has 1 nitrogen and oxygen atoms in total. The second kappa shape index (κ2) is 4.24. The number of hydrogen-bond donors (Lipinski definition) is 1. The minimum atomic E-state index is 0.0515. The Balaban J connectivity index is 2.81. The van der Waals surface area contributed by atoms with E-state index in [-0.39, 0.29) is 11.4 Å². The molecule has 0 aromatic heterocycles. The van der Waals surface area contributed by atoms with E-state index in [9.17, 15) is 0 Å². The van der Waals surface area contributed by atoms with Crippen LogP contribution >= 0.6 is 31.9 Å². The number of alkyl halides is 1. The summed E-state index contributed by atoms with van der Waals surface area (Å²) in [6.45, 7) is 0.127. The van der Waals surface area contributed by atoms with Gasteiger partial charge in [0.15, 0.2) is 0 Å². The van der Waals surface area contributed by atoms with Crippen LogP contribution in [0.2, 0.25) is 0 Å². The standard InChI is InChI=1S/C8H8Br2O/c9-7-3-1-6(2-4-7)8(10)5-11/h1-4,8,11H,5H2/t8-/m1/s1. The Kier molecular flexibility index (Phi) is 3.55. The molecule has 0 fully saturated rings. The van der Waals surface area contributed by atoms with Crippen molar-refractivity contribution in [1.82, 2.24) is 0 Å². The van der Waals surface area contributed by atoms with Gasteiger partial charge in [0.05, 0.1) is 11.4 Å². The van der Waals surface area contributed by atoms with E-state index < -0.39 is 0 Å². The summed E-state index contributed by atoms with van der Waals surface area (Å²) in [6, 6.07) is 7.86. The first-order chi connectivity index (χ1) is 5.24. The van der Waals surface area contributed by atoms with Crippen LogP contribution in [0.4, 0.5) is 0 Å². The molecule has 0 spiro atoms. The molecule has 0 aliphatic rings. The van der Waals surface area contributed by atoms with Crippen molar-refractivity contribution in [3.8, 4) is 0 Å². The van der Waals surface area contributed by atoms with Crippen LogP contribution in [-0.2, 0) is 0 Å². The zero-order valence-corrected chi connectivity index (χ0v) is 8.97. The zero-order valence-electron chi connectivity index (χ0n) is 5.80. The highest BCUT2D eigenvalue weighted by molar-refractivity contribution is 9.10. The van der Waals surface area contributed by atoms with Gasteiger partial charge in [0.25, 0.3) is 0 Å². The SMILES string of the molecule is OC[C@@H](Br)c1ccc(Br)cc1. The predicted molar refractivity (Wildman–Crippen MR) is 52.9 cm³/mol. The quantitative estimate of drug-likeness (QED) is 0.826. The number of rotatable bonds is 2. The van der Waals surface area contributed by atoms with Crippen molar-refractivity contribution in [1.29, 1.82) is 0 Å². The summed E-state index contributed by atoms with van der Waals surface area (Å²) in [5, 5.41) is 8.80. The lowest BCUT2D eigenvalue weighted by Gasteiger charge is -2.05. The summed E-state index contributed by atoms with van der Waals surface area (Å²) >= 11 is 6.68. The van der Waals surface area contributed by atoms with Crippen LogP contribution in [0.3, 0.4) is 0 Å². The summed E-state index contributed by atoms with van der Waals surface area (Å²) in [7, 11) is 0. The van der Waals surface area contributed by atoms with Gasteiger partial charge in [-0.15, -0.1) is 0 Å². The Morgan fingerprint density at radius 3 is 2.27 bits per heavy atom. The molecular formula is C8H8Br2O. The largest absolute Gasteiger partial charge is 0.395 e. The van der Waals surface area contributed by atoms with Crippen molar-refractivity contribution in [3.05, 3.63) is 34.3 Å². The topological polar surface area (TPSA) is 20.2 Å². The van der Waals surface area contributed by atoms with Gasteiger partial charge in [-0.05, 0) is 17.7 Å². The van der Waals surface area contributed by atoms with Crippen molar-refractivity contribution in [2.75, 3.05) is 6.61 Å². The van der Waals surface area contributed by atoms with Crippen LogP contribution in [0.25, 0.3) is 0 Å². The Bertz CT molecular complexity index is 220. The average molecular weight is 280 g/mol. The van der Waals surface area contributed by atoms with Gasteiger partial charge in [0, 0.05) is 4.47 Å². The third-order valence-corrected chi connectivity index (χ3v) is 2.74. The Morgan fingerprint density at radius 1 is 1.27 bits per heavy atom. The molecule has 1 rings (SSSR count). The molecule has 11 heavy (non-hydrogen) atoms. The molecule has 0 amide bonds. The number of hydrogen-bond acceptors (Lipinski definition) is 1. The molecule has 1 N–H and O–H groups in total. The molecule has 0 saturated heterocycles. The fourth-order valence-corrected chi connectivity index (χ4v) is 1.35. The molecule has 0 aliphatic heterocycles. The summed E-state index contributed by atoms with van der Waals surface area (Å²) in [6.07, 6.45) is 0. The van der Waals surface area contributed by atoms with Gasteiger partial charge in [-0.25, -0.2) is 0 Å². The summed E-state index contributed by atoms with van der Waals surface area (Å²) in [4.78, 5) is 0.0515. The van der Waals surface area contributed by atoms with E-state index >= 15 is 0 Å². The van der Waals surface area contributed by atoms with Crippen molar-refractivity contribution >= 4 is 31.9 Å². The maximum atomic E-state index is 8.80. The molecule has 0 radical (unpaired) electrons. The molecule has 60 valence electrons. The van der Waals surface area contributed by atoms with Crippen LogP contribution in [0.5, 0.6) is 0 Å². The molecule has 0 unspecified atom stereocenters. The molecule has 0 bridgehead atoms. The van der Waals surface area contributed by atoms with E-state index in [2.05, 4.69) is 31.9 Å². The molecule has 1 aromatic carbocycles. The zero-order chi connectivity index (χ0) is 8.27. The highest BCUT2D eigenvalue weighted by atomic mass is 79.9. The molecule has 0 saturated carbocycles. The van der Waals surface area contributed by atoms with Crippen LogP contribution in [-0.4, -0.2) is 11.7 Å². The smallest absolute Gasteiger partial charge is 0.0626 e. The minimum absolute atomic E-state index is 0.0515. The van der Waals surface area contributed by atoms with Gasteiger partial charge in [-0.2, -0.15) is 0 Å². The van der Waals surface area contributed by atoms with Crippen molar-refractivity contribution in [2.45, 2.75) is 4.83 Å². The van der Waals surface area contributed by atoms with Gasteiger partial charge >= 0.3 is 0 Å². The maximum Gasteiger partial charge on any atom is 0.0626 e. The van der Waals surface area contributed by atoms with Gasteiger partial charge < -0.3 is 5.11 Å². The third kappa shape index (κ3) is 2.58. The van der Waals surface area contributed by atoms with Gasteiger partial charge in [0.1, 0.15) is 0 Å². The van der Waals surface area contributed by atoms with Gasteiger partial charge in [0.2, 0.25) is 0 Å². The molecule has 3 heteroatoms. The average Bonchev–Trinajstić information content (AvgIpc) is 2.05. The predicted octanol–water partition coefficient (Wildman–Crippen LogP) is 2.88. The van der Waals surface area contributed by atoms with Gasteiger partial charge in [-0.3, -0.25) is 0 Å². The number of aliphatic hydroxyl groups is 1. The second-order valence-electron chi connectivity index (χ2n) is 2.20. The molecule has 1 atom stereocenters. The van der Waals surface area contributed by atoms with E-state index in [1.54, 1.807) is 0 Å². The Morgan fingerprint density at radius 2 is 1.82 bits per heavy atom. The maximum absolute atomic E-state index is 8.80. The Labute approximate surface area is 82.7 Å². The van der Waals surface area contributed by atoms with Crippen LogP contribution in [0.15, 0.2) is 28.7 Å². The Hall–Kier alpha value is 0.140.